The Bertz CT molecular complexity index is 336. The molecule has 1 rings (SSSR count). The van der Waals surface area contributed by atoms with Gasteiger partial charge in [0.15, 0.2) is 0 Å². The standard InChI is InChI=1S/C16H27N/c1-13-8-6-7-9-14(13)12-15(17-5)10-11-16(2,3)4/h6-9,15,17H,10-12H2,1-5H3. The summed E-state index contributed by atoms with van der Waals surface area (Å²) < 4.78 is 0. The molecule has 1 heteroatoms. The molecule has 0 saturated carbocycles. The first-order valence-electron chi connectivity index (χ1n) is 6.64. The molecular formula is C16H27N. The number of nitrogens with one attached hydrogen (secondary N) is 1. The summed E-state index contributed by atoms with van der Waals surface area (Å²) >= 11 is 0. The van der Waals surface area contributed by atoms with E-state index in [-0.39, 0.29) is 0 Å². The lowest BCUT2D eigenvalue weighted by Crippen LogP contribution is -2.29. The van der Waals surface area contributed by atoms with Crippen LogP contribution < -0.4 is 5.32 Å². The molecule has 1 aromatic carbocycles. The largest absolute Gasteiger partial charge is 0.317 e. The Morgan fingerprint density at radius 2 is 1.82 bits per heavy atom. The summed E-state index contributed by atoms with van der Waals surface area (Å²) in [7, 11) is 2.08. The topological polar surface area (TPSA) is 12.0 Å². The van der Waals surface area contributed by atoms with E-state index in [4.69, 9.17) is 0 Å². The predicted molar refractivity (Wildman–Crippen MR) is 76.4 cm³/mol. The average Bonchev–Trinajstić information content (AvgIpc) is 2.25. The van der Waals surface area contributed by atoms with Crippen molar-refractivity contribution in [3.05, 3.63) is 35.4 Å². The number of benzene rings is 1. The van der Waals surface area contributed by atoms with Gasteiger partial charge in [-0.05, 0) is 49.8 Å². The normalized spacial score (nSPS) is 13.7. The van der Waals surface area contributed by atoms with Gasteiger partial charge in [0.1, 0.15) is 0 Å². The SMILES string of the molecule is CNC(CCC(C)(C)C)Cc1ccccc1C. The Labute approximate surface area is 107 Å². The van der Waals surface area contributed by atoms with E-state index >= 15 is 0 Å². The zero-order valence-corrected chi connectivity index (χ0v) is 12.0. The zero-order chi connectivity index (χ0) is 12.9. The number of hydrogen-bond acceptors (Lipinski definition) is 1. The second-order valence-corrected chi connectivity index (χ2v) is 6.22. The molecule has 0 radical (unpaired) electrons. The zero-order valence-electron chi connectivity index (χ0n) is 12.0. The quantitative estimate of drug-likeness (QED) is 0.812. The molecule has 0 aliphatic carbocycles. The molecule has 0 spiro atoms. The molecule has 0 saturated heterocycles. The number of likely N-dealkylation sites (N-methyl/N-ethyl adjacent to an activating group) is 1. The van der Waals surface area contributed by atoms with Gasteiger partial charge in [-0.1, -0.05) is 45.0 Å². The number of aryl methyl sites for hydroxylation is 1. The van der Waals surface area contributed by atoms with Crippen LogP contribution in [0.15, 0.2) is 24.3 Å². The fourth-order valence-electron chi connectivity index (χ4n) is 2.06. The summed E-state index contributed by atoms with van der Waals surface area (Å²) in [5.74, 6) is 0. The fraction of sp³-hybridized carbons (Fsp3) is 0.625. The number of rotatable bonds is 5. The third kappa shape index (κ3) is 5.36. The monoisotopic (exact) mass is 233 g/mol. The molecule has 17 heavy (non-hydrogen) atoms. The summed E-state index contributed by atoms with van der Waals surface area (Å²) in [4.78, 5) is 0. The molecular weight excluding hydrogens is 206 g/mol. The predicted octanol–water partition coefficient (Wildman–Crippen LogP) is 3.95. The maximum atomic E-state index is 3.45. The van der Waals surface area contributed by atoms with Crippen LogP contribution in [0, 0.1) is 12.3 Å². The van der Waals surface area contributed by atoms with Gasteiger partial charge in [-0.25, -0.2) is 0 Å². The summed E-state index contributed by atoms with van der Waals surface area (Å²) in [6.45, 7) is 9.14. The minimum absolute atomic E-state index is 0.431. The summed E-state index contributed by atoms with van der Waals surface area (Å²) in [6, 6.07) is 9.29. The summed E-state index contributed by atoms with van der Waals surface area (Å²) in [6.07, 6.45) is 3.65. The van der Waals surface area contributed by atoms with E-state index in [2.05, 4.69) is 64.3 Å². The maximum absolute atomic E-state index is 3.45. The first kappa shape index (κ1) is 14.2. The van der Waals surface area contributed by atoms with Gasteiger partial charge in [-0.2, -0.15) is 0 Å². The molecule has 1 aromatic rings. The van der Waals surface area contributed by atoms with E-state index in [9.17, 15) is 0 Å². The highest BCUT2D eigenvalue weighted by atomic mass is 14.9. The highest BCUT2D eigenvalue weighted by molar-refractivity contribution is 5.26. The molecule has 0 amide bonds. The molecule has 0 heterocycles. The highest BCUT2D eigenvalue weighted by Gasteiger charge is 2.15. The van der Waals surface area contributed by atoms with Crippen molar-refractivity contribution in [1.82, 2.24) is 5.32 Å². The molecule has 0 aliphatic heterocycles. The Kier molecular flexibility index (Phi) is 5.20. The molecule has 1 atom stereocenters. The lowest BCUT2D eigenvalue weighted by Gasteiger charge is -2.23. The van der Waals surface area contributed by atoms with E-state index < -0.39 is 0 Å². The molecule has 1 nitrogen and oxygen atoms in total. The summed E-state index contributed by atoms with van der Waals surface area (Å²) in [5, 5.41) is 3.45. The lowest BCUT2D eigenvalue weighted by molar-refractivity contribution is 0.334. The van der Waals surface area contributed by atoms with E-state index in [1.54, 1.807) is 0 Å². The third-order valence-corrected chi connectivity index (χ3v) is 3.38. The van der Waals surface area contributed by atoms with Gasteiger partial charge in [0, 0.05) is 6.04 Å². The second-order valence-electron chi connectivity index (χ2n) is 6.22. The smallest absolute Gasteiger partial charge is 0.0105 e. The van der Waals surface area contributed by atoms with Crippen LogP contribution in [-0.4, -0.2) is 13.1 Å². The minimum Gasteiger partial charge on any atom is -0.317 e. The second kappa shape index (κ2) is 6.20. The van der Waals surface area contributed by atoms with Crippen molar-refractivity contribution in [3.63, 3.8) is 0 Å². The molecule has 1 N–H and O–H groups in total. The third-order valence-electron chi connectivity index (χ3n) is 3.38. The lowest BCUT2D eigenvalue weighted by atomic mass is 9.87. The van der Waals surface area contributed by atoms with Gasteiger partial charge in [0.2, 0.25) is 0 Å². The van der Waals surface area contributed by atoms with E-state index in [1.807, 2.05) is 0 Å². The van der Waals surface area contributed by atoms with Crippen molar-refractivity contribution in [1.29, 1.82) is 0 Å². The van der Waals surface area contributed by atoms with Crippen molar-refractivity contribution < 1.29 is 0 Å². The molecule has 0 bridgehead atoms. The number of hydrogen-bond donors (Lipinski definition) is 1. The Morgan fingerprint density at radius 3 is 2.35 bits per heavy atom. The maximum Gasteiger partial charge on any atom is 0.0105 e. The van der Waals surface area contributed by atoms with Gasteiger partial charge >= 0.3 is 0 Å². The Balaban J connectivity index is 2.56. The van der Waals surface area contributed by atoms with Crippen molar-refractivity contribution in [2.45, 2.75) is 53.0 Å². The first-order valence-corrected chi connectivity index (χ1v) is 6.64. The van der Waals surface area contributed by atoms with Crippen LogP contribution in [0.5, 0.6) is 0 Å². The van der Waals surface area contributed by atoms with Gasteiger partial charge in [-0.3, -0.25) is 0 Å². The van der Waals surface area contributed by atoms with Crippen molar-refractivity contribution in [2.75, 3.05) is 7.05 Å². The van der Waals surface area contributed by atoms with Gasteiger partial charge in [0.25, 0.3) is 0 Å². The van der Waals surface area contributed by atoms with Crippen molar-refractivity contribution in [2.24, 2.45) is 5.41 Å². The first-order chi connectivity index (χ1) is 7.92. The van der Waals surface area contributed by atoms with Crippen LogP contribution in [0.1, 0.15) is 44.7 Å². The molecule has 0 aliphatic rings. The molecule has 1 unspecified atom stereocenters. The van der Waals surface area contributed by atoms with Crippen LogP contribution in [0.2, 0.25) is 0 Å². The summed E-state index contributed by atoms with van der Waals surface area (Å²) in [5.41, 5.74) is 3.31. The van der Waals surface area contributed by atoms with Crippen LogP contribution in [0.4, 0.5) is 0 Å². The molecule has 0 fully saturated rings. The van der Waals surface area contributed by atoms with Crippen LogP contribution >= 0.6 is 0 Å². The van der Waals surface area contributed by atoms with Gasteiger partial charge in [0.05, 0.1) is 0 Å². The highest BCUT2D eigenvalue weighted by Crippen LogP contribution is 2.23. The van der Waals surface area contributed by atoms with Crippen LogP contribution in [-0.2, 0) is 6.42 Å². The van der Waals surface area contributed by atoms with Crippen LogP contribution in [0.25, 0.3) is 0 Å². The molecule has 96 valence electrons. The van der Waals surface area contributed by atoms with Gasteiger partial charge in [-0.15, -0.1) is 0 Å². The van der Waals surface area contributed by atoms with Crippen molar-refractivity contribution >= 4 is 0 Å². The average molecular weight is 233 g/mol. The van der Waals surface area contributed by atoms with Crippen LogP contribution in [0.3, 0.4) is 0 Å². The fourth-order valence-corrected chi connectivity index (χ4v) is 2.06. The Hall–Kier alpha value is -0.820. The Morgan fingerprint density at radius 1 is 1.18 bits per heavy atom. The van der Waals surface area contributed by atoms with E-state index in [0.717, 1.165) is 6.42 Å². The molecule has 0 aromatic heterocycles. The van der Waals surface area contributed by atoms with E-state index in [0.29, 0.717) is 11.5 Å². The van der Waals surface area contributed by atoms with E-state index in [1.165, 1.54) is 24.0 Å². The van der Waals surface area contributed by atoms with Gasteiger partial charge < -0.3 is 5.32 Å². The minimum atomic E-state index is 0.431. The van der Waals surface area contributed by atoms with Crippen molar-refractivity contribution in [3.8, 4) is 0 Å².